The molecule has 2 aromatic rings. The van der Waals surface area contributed by atoms with Crippen molar-refractivity contribution in [3.8, 4) is 5.88 Å². The van der Waals surface area contributed by atoms with Crippen molar-refractivity contribution in [1.29, 1.82) is 0 Å². The molecule has 0 aliphatic rings. The number of hydrogen-bond acceptors (Lipinski definition) is 5. The average Bonchev–Trinajstić information content (AvgIpc) is 2.91. The predicted molar refractivity (Wildman–Crippen MR) is 72.9 cm³/mol. The van der Waals surface area contributed by atoms with E-state index in [0.717, 1.165) is 25.2 Å². The van der Waals surface area contributed by atoms with Gasteiger partial charge in [-0.3, -0.25) is 4.98 Å². The molecule has 0 saturated carbocycles. The number of ether oxygens (including phenoxy) is 1. The number of hydrogen-bond donors (Lipinski definition) is 1. The molecule has 0 saturated heterocycles. The van der Waals surface area contributed by atoms with Gasteiger partial charge in [0.15, 0.2) is 0 Å². The Morgan fingerprint density at radius 2 is 2.28 bits per heavy atom. The largest absolute Gasteiger partial charge is 0.476 e. The van der Waals surface area contributed by atoms with Gasteiger partial charge in [0.1, 0.15) is 0 Å². The Hall–Kier alpha value is -1.46. The number of rotatable bonds is 7. The van der Waals surface area contributed by atoms with Gasteiger partial charge in [0.2, 0.25) is 5.88 Å². The second-order valence-electron chi connectivity index (χ2n) is 3.80. The Bertz CT molecular complexity index is 442. The van der Waals surface area contributed by atoms with Crippen molar-refractivity contribution in [2.45, 2.75) is 19.9 Å². The summed E-state index contributed by atoms with van der Waals surface area (Å²) in [7, 11) is 0. The quantitative estimate of drug-likeness (QED) is 0.832. The average molecular weight is 263 g/mol. The molecule has 0 unspecified atom stereocenters. The molecule has 0 amide bonds. The summed E-state index contributed by atoms with van der Waals surface area (Å²) in [6, 6.07) is 4.16. The third kappa shape index (κ3) is 4.09. The van der Waals surface area contributed by atoms with Gasteiger partial charge in [0, 0.05) is 17.8 Å². The fraction of sp³-hybridized carbons (Fsp3) is 0.385. The van der Waals surface area contributed by atoms with Crippen LogP contribution in [0, 0.1) is 0 Å². The summed E-state index contributed by atoms with van der Waals surface area (Å²) in [6.07, 6.45) is 4.35. The summed E-state index contributed by atoms with van der Waals surface area (Å²) >= 11 is 1.75. The van der Waals surface area contributed by atoms with Crippen molar-refractivity contribution in [2.75, 3.05) is 13.2 Å². The van der Waals surface area contributed by atoms with Crippen molar-refractivity contribution in [3.63, 3.8) is 0 Å². The highest BCUT2D eigenvalue weighted by molar-refractivity contribution is 7.09. The monoisotopic (exact) mass is 263 g/mol. The molecule has 18 heavy (non-hydrogen) atoms. The Morgan fingerprint density at radius 1 is 1.33 bits per heavy atom. The topological polar surface area (TPSA) is 47.0 Å². The maximum Gasteiger partial charge on any atom is 0.232 e. The van der Waals surface area contributed by atoms with Crippen molar-refractivity contribution in [2.24, 2.45) is 0 Å². The van der Waals surface area contributed by atoms with Crippen LogP contribution in [0.2, 0.25) is 0 Å². The van der Waals surface area contributed by atoms with E-state index in [9.17, 15) is 0 Å². The van der Waals surface area contributed by atoms with Gasteiger partial charge in [-0.15, -0.1) is 11.3 Å². The first-order chi connectivity index (χ1) is 8.88. The Labute approximate surface area is 111 Å². The van der Waals surface area contributed by atoms with Crippen molar-refractivity contribution >= 4 is 11.3 Å². The number of nitrogens with zero attached hydrogens (tertiary/aromatic N) is 2. The lowest BCUT2D eigenvalue weighted by atomic mass is 10.4. The number of thiophene rings is 1. The zero-order valence-electron chi connectivity index (χ0n) is 10.4. The highest BCUT2D eigenvalue weighted by Gasteiger charge is 1.99. The van der Waals surface area contributed by atoms with Crippen LogP contribution in [0.25, 0.3) is 0 Å². The molecule has 0 aromatic carbocycles. The van der Waals surface area contributed by atoms with Crippen LogP contribution in [0.1, 0.15) is 17.5 Å². The first-order valence-electron chi connectivity index (χ1n) is 6.05. The molecule has 0 bridgehead atoms. The molecular weight excluding hydrogens is 246 g/mol. The molecule has 2 rings (SSSR count). The first kappa shape index (κ1) is 13.0. The zero-order chi connectivity index (χ0) is 12.6. The maximum absolute atomic E-state index is 5.55. The second kappa shape index (κ2) is 7.08. The normalized spacial score (nSPS) is 10.5. The van der Waals surface area contributed by atoms with E-state index in [-0.39, 0.29) is 0 Å². The zero-order valence-corrected chi connectivity index (χ0v) is 11.2. The summed E-state index contributed by atoms with van der Waals surface area (Å²) in [5.74, 6) is 0.590. The van der Waals surface area contributed by atoms with E-state index >= 15 is 0 Å². The fourth-order valence-electron chi connectivity index (χ4n) is 1.47. The minimum Gasteiger partial charge on any atom is -0.476 e. The van der Waals surface area contributed by atoms with E-state index in [2.05, 4.69) is 39.7 Å². The lowest BCUT2D eigenvalue weighted by molar-refractivity contribution is 0.308. The van der Waals surface area contributed by atoms with Crippen LogP contribution in [-0.4, -0.2) is 23.1 Å². The molecule has 0 atom stereocenters. The van der Waals surface area contributed by atoms with Crippen LogP contribution in [0.3, 0.4) is 0 Å². The maximum atomic E-state index is 5.55. The van der Waals surface area contributed by atoms with Gasteiger partial charge in [-0.2, -0.15) is 0 Å². The van der Waals surface area contributed by atoms with Crippen LogP contribution in [-0.2, 0) is 13.0 Å². The van der Waals surface area contributed by atoms with Gasteiger partial charge in [-0.05, 0) is 18.0 Å². The SMILES string of the molecule is CCNCc1cnc(OCCc2cccs2)cn1. The fourth-order valence-corrected chi connectivity index (χ4v) is 2.16. The summed E-state index contributed by atoms with van der Waals surface area (Å²) in [6.45, 7) is 4.39. The Kier molecular flexibility index (Phi) is 5.11. The van der Waals surface area contributed by atoms with Crippen LogP contribution in [0.15, 0.2) is 29.9 Å². The highest BCUT2D eigenvalue weighted by atomic mass is 32.1. The second-order valence-corrected chi connectivity index (χ2v) is 4.84. The lowest BCUT2D eigenvalue weighted by Crippen LogP contribution is -2.13. The molecule has 0 fully saturated rings. The van der Waals surface area contributed by atoms with Crippen LogP contribution in [0.5, 0.6) is 5.88 Å². The summed E-state index contributed by atoms with van der Waals surface area (Å²) in [5, 5.41) is 5.28. The molecule has 2 aromatic heterocycles. The van der Waals surface area contributed by atoms with Gasteiger partial charge < -0.3 is 10.1 Å². The predicted octanol–water partition coefficient (Wildman–Crippen LogP) is 2.27. The summed E-state index contributed by atoms with van der Waals surface area (Å²) in [4.78, 5) is 9.84. The molecular formula is C13H17N3OS. The molecule has 1 N–H and O–H groups in total. The van der Waals surface area contributed by atoms with E-state index in [1.54, 1.807) is 23.7 Å². The minimum absolute atomic E-state index is 0.590. The molecule has 96 valence electrons. The Balaban J connectivity index is 1.75. The van der Waals surface area contributed by atoms with Gasteiger partial charge in [-0.25, -0.2) is 4.98 Å². The highest BCUT2D eigenvalue weighted by Crippen LogP contribution is 2.10. The number of aromatic nitrogens is 2. The van der Waals surface area contributed by atoms with Gasteiger partial charge in [-0.1, -0.05) is 13.0 Å². The third-order valence-corrected chi connectivity index (χ3v) is 3.35. The number of nitrogens with one attached hydrogen (secondary N) is 1. The molecule has 0 radical (unpaired) electrons. The minimum atomic E-state index is 0.590. The van der Waals surface area contributed by atoms with Crippen LogP contribution in [0.4, 0.5) is 0 Å². The lowest BCUT2D eigenvalue weighted by Gasteiger charge is -2.05. The molecule has 2 heterocycles. The van der Waals surface area contributed by atoms with E-state index in [4.69, 9.17) is 4.74 Å². The first-order valence-corrected chi connectivity index (χ1v) is 6.93. The molecule has 0 spiro atoms. The molecule has 4 nitrogen and oxygen atoms in total. The third-order valence-electron chi connectivity index (χ3n) is 2.42. The van der Waals surface area contributed by atoms with Gasteiger partial charge in [0.05, 0.1) is 24.7 Å². The summed E-state index contributed by atoms with van der Waals surface area (Å²) in [5.41, 5.74) is 0.933. The standard InChI is InChI=1S/C13H17N3OS/c1-2-14-8-11-9-16-13(10-15-11)17-6-5-12-4-3-7-18-12/h3-4,7,9-10,14H,2,5-6,8H2,1H3. The Morgan fingerprint density at radius 3 is 2.94 bits per heavy atom. The van der Waals surface area contributed by atoms with Gasteiger partial charge >= 0.3 is 0 Å². The molecule has 0 aliphatic heterocycles. The van der Waals surface area contributed by atoms with Crippen LogP contribution >= 0.6 is 11.3 Å². The molecule has 5 heteroatoms. The summed E-state index contributed by atoms with van der Waals surface area (Å²) < 4.78 is 5.55. The van der Waals surface area contributed by atoms with Crippen molar-refractivity contribution in [3.05, 3.63) is 40.5 Å². The van der Waals surface area contributed by atoms with E-state index in [1.165, 1.54) is 4.88 Å². The smallest absolute Gasteiger partial charge is 0.232 e. The van der Waals surface area contributed by atoms with E-state index in [0.29, 0.717) is 12.5 Å². The van der Waals surface area contributed by atoms with E-state index < -0.39 is 0 Å². The van der Waals surface area contributed by atoms with Crippen molar-refractivity contribution in [1.82, 2.24) is 15.3 Å². The molecule has 0 aliphatic carbocycles. The van der Waals surface area contributed by atoms with Crippen LogP contribution < -0.4 is 10.1 Å². The van der Waals surface area contributed by atoms with E-state index in [1.807, 2.05) is 0 Å². The van der Waals surface area contributed by atoms with Crippen molar-refractivity contribution < 1.29 is 4.74 Å². The van der Waals surface area contributed by atoms with Gasteiger partial charge in [0.25, 0.3) is 0 Å².